The highest BCUT2D eigenvalue weighted by molar-refractivity contribution is 6.42. The van der Waals surface area contributed by atoms with Crippen LogP contribution in [0.4, 0.5) is 0 Å². The molecule has 3 aromatic rings. The predicted octanol–water partition coefficient (Wildman–Crippen LogP) is 6.79. The van der Waals surface area contributed by atoms with Gasteiger partial charge in [-0.1, -0.05) is 46.9 Å². The SMILES string of the molecule is Cc1c(OC(=O)c2cccc(Cl)c2)ccc2c1O/C(=C\c1ccc(Cl)c(Cl)c1)C2=O. The minimum atomic E-state index is -0.559. The van der Waals surface area contributed by atoms with Gasteiger partial charge in [-0.15, -0.1) is 0 Å². The van der Waals surface area contributed by atoms with Crippen molar-refractivity contribution < 1.29 is 19.1 Å². The summed E-state index contributed by atoms with van der Waals surface area (Å²) in [6.07, 6.45) is 1.58. The lowest BCUT2D eigenvalue weighted by Crippen LogP contribution is -2.09. The van der Waals surface area contributed by atoms with E-state index in [1.54, 1.807) is 61.5 Å². The first-order valence-electron chi connectivity index (χ1n) is 8.84. The topological polar surface area (TPSA) is 52.6 Å². The number of ketones is 1. The third-order valence-corrected chi connectivity index (χ3v) is 5.52. The van der Waals surface area contributed by atoms with Gasteiger partial charge in [-0.2, -0.15) is 0 Å². The lowest BCUT2D eigenvalue weighted by atomic mass is 10.1. The van der Waals surface area contributed by atoms with Gasteiger partial charge in [0, 0.05) is 10.6 Å². The number of hydrogen-bond donors (Lipinski definition) is 0. The van der Waals surface area contributed by atoms with E-state index in [9.17, 15) is 9.59 Å². The number of halogens is 3. The maximum Gasteiger partial charge on any atom is 0.343 e. The zero-order valence-electron chi connectivity index (χ0n) is 15.5. The van der Waals surface area contributed by atoms with E-state index in [4.69, 9.17) is 44.3 Å². The number of fused-ring (bicyclic) bond motifs is 1. The Bertz CT molecular complexity index is 1230. The summed E-state index contributed by atoms with van der Waals surface area (Å²) in [7, 11) is 0. The summed E-state index contributed by atoms with van der Waals surface area (Å²) in [5.74, 6) is -0.0434. The van der Waals surface area contributed by atoms with Crippen molar-refractivity contribution in [3.8, 4) is 11.5 Å². The standard InChI is InChI=1S/C23H13Cl3O4/c1-12-19(30-23(28)14-3-2-4-15(24)11-14)8-6-16-21(27)20(29-22(12)16)10-13-5-7-17(25)18(26)9-13/h2-11H,1H3/b20-10-. The molecule has 1 aliphatic rings. The number of benzene rings is 3. The van der Waals surface area contributed by atoms with Crippen LogP contribution in [0, 0.1) is 6.92 Å². The quantitative estimate of drug-likeness (QED) is 0.246. The minimum absolute atomic E-state index is 0.143. The van der Waals surface area contributed by atoms with Crippen molar-refractivity contribution in [3.05, 3.63) is 97.7 Å². The van der Waals surface area contributed by atoms with Crippen LogP contribution in [0.3, 0.4) is 0 Å². The number of Topliss-reactive ketones (excluding diaryl/α,β-unsaturated/α-hetero) is 1. The fraction of sp³-hybridized carbons (Fsp3) is 0.0435. The molecular formula is C23H13Cl3O4. The second kappa shape index (κ2) is 8.15. The van der Waals surface area contributed by atoms with Crippen LogP contribution < -0.4 is 9.47 Å². The van der Waals surface area contributed by atoms with Gasteiger partial charge in [0.25, 0.3) is 0 Å². The molecule has 7 heteroatoms. The average molecular weight is 460 g/mol. The fourth-order valence-electron chi connectivity index (χ4n) is 3.01. The van der Waals surface area contributed by atoms with Crippen molar-refractivity contribution in [1.82, 2.24) is 0 Å². The number of carbonyl (C=O) groups is 2. The number of ether oxygens (including phenoxy) is 2. The Morgan fingerprint density at radius 3 is 2.53 bits per heavy atom. The van der Waals surface area contributed by atoms with Crippen molar-refractivity contribution in [2.45, 2.75) is 6.92 Å². The summed E-state index contributed by atoms with van der Waals surface area (Å²) in [6, 6.07) is 14.6. The van der Waals surface area contributed by atoms with Gasteiger partial charge >= 0.3 is 5.97 Å². The molecule has 3 aromatic carbocycles. The smallest absolute Gasteiger partial charge is 0.343 e. The molecule has 4 rings (SSSR count). The highest BCUT2D eigenvalue weighted by Crippen LogP contribution is 2.39. The number of allylic oxidation sites excluding steroid dienone is 1. The van der Waals surface area contributed by atoms with E-state index in [-0.39, 0.29) is 11.5 Å². The summed E-state index contributed by atoms with van der Waals surface area (Å²) < 4.78 is 11.3. The van der Waals surface area contributed by atoms with Gasteiger partial charge in [-0.3, -0.25) is 4.79 Å². The van der Waals surface area contributed by atoms with Crippen LogP contribution in [-0.4, -0.2) is 11.8 Å². The first kappa shape index (κ1) is 20.5. The monoisotopic (exact) mass is 458 g/mol. The first-order chi connectivity index (χ1) is 14.3. The third kappa shape index (κ3) is 3.94. The zero-order valence-corrected chi connectivity index (χ0v) is 17.8. The van der Waals surface area contributed by atoms with Gasteiger partial charge in [-0.25, -0.2) is 4.79 Å². The van der Waals surface area contributed by atoms with Crippen LogP contribution in [0.25, 0.3) is 6.08 Å². The summed E-state index contributed by atoms with van der Waals surface area (Å²) >= 11 is 17.9. The molecule has 0 spiro atoms. The third-order valence-electron chi connectivity index (χ3n) is 4.54. The highest BCUT2D eigenvalue weighted by Gasteiger charge is 2.30. The molecule has 30 heavy (non-hydrogen) atoms. The summed E-state index contributed by atoms with van der Waals surface area (Å²) in [4.78, 5) is 25.1. The Labute approximate surface area is 187 Å². The fourth-order valence-corrected chi connectivity index (χ4v) is 3.50. The van der Waals surface area contributed by atoms with Gasteiger partial charge in [-0.05, 0) is 61.0 Å². The van der Waals surface area contributed by atoms with Crippen LogP contribution in [0.15, 0.2) is 60.4 Å². The Morgan fingerprint density at radius 2 is 1.80 bits per heavy atom. The van der Waals surface area contributed by atoms with Crippen molar-refractivity contribution in [1.29, 1.82) is 0 Å². The molecule has 4 nitrogen and oxygen atoms in total. The molecule has 0 aliphatic carbocycles. The van der Waals surface area contributed by atoms with Crippen LogP contribution >= 0.6 is 34.8 Å². The molecule has 0 atom stereocenters. The van der Waals surface area contributed by atoms with Gasteiger partial charge in [0.15, 0.2) is 5.76 Å². The number of hydrogen-bond acceptors (Lipinski definition) is 4. The normalized spacial score (nSPS) is 13.9. The van der Waals surface area contributed by atoms with Crippen molar-refractivity contribution in [2.24, 2.45) is 0 Å². The Morgan fingerprint density at radius 1 is 1.00 bits per heavy atom. The molecule has 0 radical (unpaired) electrons. The molecule has 0 saturated carbocycles. The molecule has 0 fully saturated rings. The van der Waals surface area contributed by atoms with Crippen LogP contribution in [0.5, 0.6) is 11.5 Å². The van der Waals surface area contributed by atoms with Crippen molar-refractivity contribution in [2.75, 3.05) is 0 Å². The van der Waals surface area contributed by atoms with Crippen molar-refractivity contribution >= 4 is 52.6 Å². The molecule has 0 amide bonds. The average Bonchev–Trinajstić information content (AvgIpc) is 3.03. The van der Waals surface area contributed by atoms with Crippen molar-refractivity contribution in [3.63, 3.8) is 0 Å². The van der Waals surface area contributed by atoms with E-state index in [1.165, 1.54) is 6.07 Å². The summed E-state index contributed by atoms with van der Waals surface area (Å²) in [5.41, 5.74) is 1.92. The van der Waals surface area contributed by atoms with E-state index < -0.39 is 5.97 Å². The number of esters is 1. The largest absolute Gasteiger partial charge is 0.452 e. The second-order valence-corrected chi connectivity index (χ2v) is 7.83. The van der Waals surface area contributed by atoms with Crippen LogP contribution in [0.2, 0.25) is 15.1 Å². The van der Waals surface area contributed by atoms with E-state index in [0.717, 1.165) is 0 Å². The lowest BCUT2D eigenvalue weighted by Gasteiger charge is -2.10. The maximum absolute atomic E-state index is 12.7. The zero-order chi connectivity index (χ0) is 21.4. The lowest BCUT2D eigenvalue weighted by molar-refractivity contribution is 0.0733. The molecule has 0 unspecified atom stereocenters. The second-order valence-electron chi connectivity index (χ2n) is 6.58. The van der Waals surface area contributed by atoms with Gasteiger partial charge < -0.3 is 9.47 Å². The minimum Gasteiger partial charge on any atom is -0.452 e. The molecule has 150 valence electrons. The van der Waals surface area contributed by atoms with Gasteiger partial charge in [0.2, 0.25) is 5.78 Å². The number of rotatable bonds is 3. The van der Waals surface area contributed by atoms with Gasteiger partial charge in [0.05, 0.1) is 21.2 Å². The van der Waals surface area contributed by atoms with Gasteiger partial charge in [0.1, 0.15) is 11.5 Å². The summed E-state index contributed by atoms with van der Waals surface area (Å²) in [6.45, 7) is 1.72. The molecular weight excluding hydrogens is 447 g/mol. The Hall–Kier alpha value is -2.79. The Kier molecular flexibility index (Phi) is 5.56. The summed E-state index contributed by atoms with van der Waals surface area (Å²) in [5, 5.41) is 1.23. The molecule has 0 bridgehead atoms. The molecule has 1 heterocycles. The maximum atomic E-state index is 12.7. The predicted molar refractivity (Wildman–Crippen MR) is 117 cm³/mol. The van der Waals surface area contributed by atoms with Crippen LogP contribution in [-0.2, 0) is 0 Å². The molecule has 1 aliphatic heterocycles. The number of carbonyl (C=O) groups excluding carboxylic acids is 2. The van der Waals surface area contributed by atoms with E-state index in [0.29, 0.717) is 48.8 Å². The Balaban J connectivity index is 1.62. The molecule has 0 aromatic heterocycles. The highest BCUT2D eigenvalue weighted by atomic mass is 35.5. The van der Waals surface area contributed by atoms with Crippen LogP contribution in [0.1, 0.15) is 31.8 Å². The first-order valence-corrected chi connectivity index (χ1v) is 9.97. The molecule has 0 saturated heterocycles. The van der Waals surface area contributed by atoms with E-state index in [2.05, 4.69) is 0 Å². The van der Waals surface area contributed by atoms with E-state index in [1.807, 2.05) is 0 Å². The van der Waals surface area contributed by atoms with E-state index >= 15 is 0 Å². The molecule has 0 N–H and O–H groups in total.